The van der Waals surface area contributed by atoms with Crippen LogP contribution in [0.3, 0.4) is 0 Å². The first-order valence-corrected chi connectivity index (χ1v) is 7.88. The number of anilines is 1. The predicted molar refractivity (Wildman–Crippen MR) is 101 cm³/mol. The fourth-order valence-corrected chi connectivity index (χ4v) is 3.50. The van der Waals surface area contributed by atoms with Crippen molar-refractivity contribution in [2.75, 3.05) is 31.1 Å². The van der Waals surface area contributed by atoms with Crippen molar-refractivity contribution in [1.29, 1.82) is 0 Å². The van der Waals surface area contributed by atoms with Crippen LogP contribution >= 0.6 is 36.4 Å². The Kier molecular flexibility index (Phi) is 6.15. The van der Waals surface area contributed by atoms with Crippen molar-refractivity contribution in [2.24, 2.45) is 0 Å². The van der Waals surface area contributed by atoms with Gasteiger partial charge in [-0.2, -0.15) is 0 Å². The first kappa shape index (κ1) is 18.3. The van der Waals surface area contributed by atoms with Gasteiger partial charge in [-0.1, -0.05) is 23.7 Å². The Morgan fingerprint density at radius 1 is 0.913 bits per heavy atom. The third-order valence-corrected chi connectivity index (χ3v) is 4.82. The second-order valence-electron chi connectivity index (χ2n) is 5.85. The van der Waals surface area contributed by atoms with E-state index in [4.69, 9.17) is 16.6 Å². The minimum atomic E-state index is 0. The lowest BCUT2D eigenvalue weighted by Gasteiger charge is -2.35. The molecule has 23 heavy (non-hydrogen) atoms. The number of hydrogen-bond donors (Lipinski definition) is 0. The zero-order valence-electron chi connectivity index (χ0n) is 12.7. The highest BCUT2D eigenvalue weighted by atomic mass is 35.5. The third kappa shape index (κ3) is 3.74. The first-order valence-electron chi connectivity index (χ1n) is 7.50. The average molecular weight is 373 g/mol. The molecule has 2 aliphatic rings. The Balaban J connectivity index is 0.000000960. The van der Waals surface area contributed by atoms with Gasteiger partial charge in [-0.3, -0.25) is 4.90 Å². The van der Waals surface area contributed by atoms with Crippen LogP contribution in [0.1, 0.15) is 6.42 Å². The molecule has 2 aromatic rings. The van der Waals surface area contributed by atoms with E-state index < -0.39 is 0 Å². The van der Waals surface area contributed by atoms with Crippen LogP contribution in [0.25, 0.3) is 11.1 Å². The van der Waals surface area contributed by atoms with E-state index in [-0.39, 0.29) is 24.8 Å². The molecule has 6 heteroatoms. The molecular formula is C17H20Cl3N3. The molecule has 3 nitrogen and oxygen atoms in total. The number of pyridine rings is 1. The molecule has 0 N–H and O–H groups in total. The number of benzene rings is 1. The molecule has 2 aliphatic heterocycles. The molecule has 2 bridgehead atoms. The molecule has 0 aliphatic carbocycles. The molecule has 2 atom stereocenters. The number of fused-ring (bicyclic) bond motifs is 2. The van der Waals surface area contributed by atoms with Gasteiger partial charge >= 0.3 is 0 Å². The summed E-state index contributed by atoms with van der Waals surface area (Å²) in [6.45, 7) is 4.69. The van der Waals surface area contributed by atoms with Gasteiger partial charge in [0.1, 0.15) is 5.82 Å². The van der Waals surface area contributed by atoms with Crippen molar-refractivity contribution in [2.45, 2.75) is 12.5 Å². The normalized spacial score (nSPS) is 22.2. The summed E-state index contributed by atoms with van der Waals surface area (Å²) in [7, 11) is 0. The molecule has 2 fully saturated rings. The molecular weight excluding hydrogens is 353 g/mol. The Bertz CT molecular complexity index is 631. The molecule has 2 unspecified atom stereocenters. The molecule has 1 aromatic carbocycles. The van der Waals surface area contributed by atoms with E-state index in [1.165, 1.54) is 19.5 Å². The number of halogens is 3. The van der Waals surface area contributed by atoms with Gasteiger partial charge in [-0.25, -0.2) is 4.98 Å². The lowest BCUT2D eigenvalue weighted by Crippen LogP contribution is -2.47. The maximum absolute atomic E-state index is 5.94. The van der Waals surface area contributed by atoms with Gasteiger partial charge in [-0.15, -0.1) is 24.8 Å². The zero-order chi connectivity index (χ0) is 14.2. The number of aromatic nitrogens is 1. The maximum Gasteiger partial charge on any atom is 0.128 e. The van der Waals surface area contributed by atoms with Crippen LogP contribution in [0.15, 0.2) is 42.6 Å². The summed E-state index contributed by atoms with van der Waals surface area (Å²) in [5.41, 5.74) is 2.30. The highest BCUT2D eigenvalue weighted by Gasteiger charge is 2.32. The van der Waals surface area contributed by atoms with Crippen LogP contribution in [0.5, 0.6) is 0 Å². The monoisotopic (exact) mass is 371 g/mol. The van der Waals surface area contributed by atoms with Gasteiger partial charge in [0, 0.05) is 49.0 Å². The van der Waals surface area contributed by atoms with E-state index in [0.717, 1.165) is 35.1 Å². The van der Waals surface area contributed by atoms with Gasteiger partial charge < -0.3 is 4.90 Å². The second-order valence-corrected chi connectivity index (χ2v) is 6.28. The zero-order valence-corrected chi connectivity index (χ0v) is 15.1. The molecule has 0 radical (unpaired) electrons. The summed E-state index contributed by atoms with van der Waals surface area (Å²) in [5, 5.41) is 0.766. The Morgan fingerprint density at radius 3 is 2.35 bits per heavy atom. The minimum Gasteiger partial charge on any atom is -0.351 e. The maximum atomic E-state index is 5.94. The summed E-state index contributed by atoms with van der Waals surface area (Å²) in [5.74, 6) is 1.11. The highest BCUT2D eigenvalue weighted by Crippen LogP contribution is 2.27. The van der Waals surface area contributed by atoms with E-state index in [2.05, 4.69) is 21.9 Å². The van der Waals surface area contributed by atoms with Crippen LogP contribution in [0.4, 0.5) is 5.82 Å². The second kappa shape index (κ2) is 7.71. The van der Waals surface area contributed by atoms with Gasteiger partial charge in [0.05, 0.1) is 0 Å². The molecule has 124 valence electrons. The summed E-state index contributed by atoms with van der Waals surface area (Å²) in [6, 6.07) is 12.9. The lowest BCUT2D eigenvalue weighted by atomic mass is 10.1. The number of piperazine rings is 1. The number of rotatable bonds is 2. The predicted octanol–water partition coefficient (Wildman–Crippen LogP) is 4.14. The van der Waals surface area contributed by atoms with Crippen LogP contribution in [0, 0.1) is 0 Å². The van der Waals surface area contributed by atoms with Gasteiger partial charge in [0.15, 0.2) is 0 Å². The van der Waals surface area contributed by atoms with Crippen molar-refractivity contribution in [1.82, 2.24) is 9.88 Å². The van der Waals surface area contributed by atoms with Crippen molar-refractivity contribution in [3.63, 3.8) is 0 Å². The van der Waals surface area contributed by atoms with E-state index in [9.17, 15) is 0 Å². The van der Waals surface area contributed by atoms with Crippen LogP contribution in [-0.2, 0) is 0 Å². The van der Waals surface area contributed by atoms with Gasteiger partial charge in [-0.05, 0) is 36.2 Å². The van der Waals surface area contributed by atoms with Gasteiger partial charge in [0.25, 0.3) is 0 Å². The lowest BCUT2D eigenvalue weighted by molar-refractivity contribution is 0.310. The Hall–Kier alpha value is -1.00. The van der Waals surface area contributed by atoms with Gasteiger partial charge in [0.2, 0.25) is 0 Å². The van der Waals surface area contributed by atoms with E-state index in [1.807, 2.05) is 30.5 Å². The summed E-state index contributed by atoms with van der Waals surface area (Å²) < 4.78 is 0. The number of hydrogen-bond acceptors (Lipinski definition) is 3. The van der Waals surface area contributed by atoms with E-state index in [0.29, 0.717) is 6.04 Å². The smallest absolute Gasteiger partial charge is 0.128 e. The average Bonchev–Trinajstić information content (AvgIpc) is 2.90. The number of nitrogens with zero attached hydrogens (tertiary/aromatic N) is 3. The topological polar surface area (TPSA) is 19.4 Å². The quantitative estimate of drug-likeness (QED) is 0.790. The standard InChI is InChI=1S/C17H18ClN3.2ClH/c18-15-4-1-13(2-5-15)14-3-6-17(19-11-14)21-10-9-20-8-7-16(21)12-20;;/h1-6,11,16H,7-10,12H2;2*1H. The van der Waals surface area contributed by atoms with Crippen LogP contribution in [0.2, 0.25) is 5.02 Å². The molecule has 0 saturated carbocycles. The Labute approximate surface area is 154 Å². The molecule has 2 saturated heterocycles. The van der Waals surface area contributed by atoms with Crippen molar-refractivity contribution in [3.8, 4) is 11.1 Å². The molecule has 4 rings (SSSR count). The highest BCUT2D eigenvalue weighted by molar-refractivity contribution is 6.30. The van der Waals surface area contributed by atoms with Crippen molar-refractivity contribution >= 4 is 42.2 Å². The fraction of sp³-hybridized carbons (Fsp3) is 0.353. The SMILES string of the molecule is Cl.Cl.Clc1ccc(-c2ccc(N3CCN4CCC3C4)nc2)cc1. The van der Waals surface area contributed by atoms with Crippen molar-refractivity contribution in [3.05, 3.63) is 47.6 Å². The largest absolute Gasteiger partial charge is 0.351 e. The van der Waals surface area contributed by atoms with Crippen molar-refractivity contribution < 1.29 is 0 Å². The van der Waals surface area contributed by atoms with E-state index >= 15 is 0 Å². The third-order valence-electron chi connectivity index (χ3n) is 4.57. The van der Waals surface area contributed by atoms with Crippen LogP contribution < -0.4 is 4.90 Å². The molecule has 1 aromatic heterocycles. The summed E-state index contributed by atoms with van der Waals surface area (Å²) in [4.78, 5) is 9.70. The molecule has 3 heterocycles. The fourth-order valence-electron chi connectivity index (χ4n) is 3.37. The molecule has 0 amide bonds. The Morgan fingerprint density at radius 2 is 1.65 bits per heavy atom. The summed E-state index contributed by atoms with van der Waals surface area (Å²) in [6.07, 6.45) is 3.24. The van der Waals surface area contributed by atoms with E-state index in [1.54, 1.807) is 0 Å². The summed E-state index contributed by atoms with van der Waals surface area (Å²) >= 11 is 5.94. The molecule has 0 spiro atoms. The first-order chi connectivity index (χ1) is 10.3. The minimum absolute atomic E-state index is 0. The van der Waals surface area contributed by atoms with Crippen LogP contribution in [-0.4, -0.2) is 42.1 Å².